The van der Waals surface area contributed by atoms with Gasteiger partial charge in [0.05, 0.1) is 13.9 Å². The molecule has 1 aliphatic carbocycles. The minimum Gasteiger partial charge on any atom is -0.199 e. The summed E-state index contributed by atoms with van der Waals surface area (Å²) < 4.78 is 0. The molecule has 0 bridgehead atoms. The Morgan fingerprint density at radius 1 is 1.22 bits per heavy atom. The molecule has 1 aliphatic rings. The molecule has 1 saturated carbocycles. The lowest BCUT2D eigenvalue weighted by molar-refractivity contribution is 0.443. The van der Waals surface area contributed by atoms with Gasteiger partial charge in [-0.15, -0.1) is 0 Å². The molecule has 0 atom stereocenters. The molecular weight excluding hydrogens is 109 g/mol. The molecule has 0 spiro atoms. The minimum absolute atomic E-state index is 0.474. The lowest BCUT2D eigenvalue weighted by Crippen LogP contribution is -2.13. The van der Waals surface area contributed by atoms with Crippen LogP contribution in [0, 0.1) is 11.3 Å². The van der Waals surface area contributed by atoms with E-state index in [9.17, 15) is 0 Å². The third-order valence-electron chi connectivity index (χ3n) is 1.97. The van der Waals surface area contributed by atoms with Gasteiger partial charge >= 0.3 is 0 Å². The van der Waals surface area contributed by atoms with Crippen LogP contribution in [-0.4, -0.2) is 7.85 Å². The number of nitriles is 1. The lowest BCUT2D eigenvalue weighted by atomic mass is 9.61. The van der Waals surface area contributed by atoms with E-state index in [1.165, 1.54) is 6.42 Å². The summed E-state index contributed by atoms with van der Waals surface area (Å²) in [5.41, 5.74) is 0. The Balaban J connectivity index is 2.49. The highest BCUT2D eigenvalue weighted by atomic mass is 14.3. The number of nitrogens with zero attached hydrogens (tertiary/aromatic N) is 1. The van der Waals surface area contributed by atoms with Crippen molar-refractivity contribution in [1.82, 2.24) is 0 Å². The molecule has 2 heteroatoms. The summed E-state index contributed by atoms with van der Waals surface area (Å²) in [7, 11) is 5.70. The predicted octanol–water partition coefficient (Wildman–Crippen LogP) is 1.80. The third kappa shape index (κ3) is 1.48. The van der Waals surface area contributed by atoms with Gasteiger partial charge in [-0.25, -0.2) is 0 Å². The Bertz CT molecular complexity index is 130. The van der Waals surface area contributed by atoms with Crippen molar-refractivity contribution >= 4 is 7.85 Å². The maximum Gasteiger partial charge on any atom is 0.0951 e. The second kappa shape index (κ2) is 2.43. The Morgan fingerprint density at radius 3 is 2.11 bits per heavy atom. The van der Waals surface area contributed by atoms with E-state index in [1.54, 1.807) is 0 Å². The molecule has 0 aromatic carbocycles. The molecule has 0 N–H and O–H groups in total. The van der Waals surface area contributed by atoms with E-state index in [0.717, 1.165) is 25.7 Å². The molecule has 1 nitrogen and oxygen atoms in total. The first-order valence-electron chi connectivity index (χ1n) is 3.47. The van der Waals surface area contributed by atoms with E-state index in [4.69, 9.17) is 13.1 Å². The number of hydrogen-bond acceptors (Lipinski definition) is 1. The van der Waals surface area contributed by atoms with E-state index in [1.807, 2.05) is 0 Å². The van der Waals surface area contributed by atoms with Gasteiger partial charge in [-0.3, -0.25) is 0 Å². The monoisotopic (exact) mass is 119 g/mol. The van der Waals surface area contributed by atoms with E-state index in [0.29, 0.717) is 0 Å². The van der Waals surface area contributed by atoms with Gasteiger partial charge in [0, 0.05) is 5.31 Å². The molecule has 0 aliphatic heterocycles. The quantitative estimate of drug-likeness (QED) is 0.446. The van der Waals surface area contributed by atoms with Gasteiger partial charge in [0.15, 0.2) is 0 Å². The topological polar surface area (TPSA) is 23.8 Å². The molecule has 0 amide bonds. The van der Waals surface area contributed by atoms with Crippen LogP contribution in [0.25, 0.3) is 0 Å². The average molecular weight is 119 g/mol. The second-order valence-corrected chi connectivity index (χ2v) is 2.83. The summed E-state index contributed by atoms with van der Waals surface area (Å²) in [5, 5.41) is 8.10. The van der Waals surface area contributed by atoms with Crippen LogP contribution >= 0.6 is 0 Å². The van der Waals surface area contributed by atoms with Crippen LogP contribution in [0.3, 0.4) is 0 Å². The zero-order chi connectivity index (χ0) is 6.74. The molecule has 0 saturated heterocycles. The van der Waals surface area contributed by atoms with E-state index < -0.39 is 5.31 Å². The summed E-state index contributed by atoms with van der Waals surface area (Å²) in [5.74, 6) is 0. The summed E-state index contributed by atoms with van der Waals surface area (Å²) in [6, 6.07) is 2.16. The largest absolute Gasteiger partial charge is 0.199 e. The third-order valence-corrected chi connectivity index (χ3v) is 1.97. The SMILES string of the molecule is [B]C1(C#N)CCCCC1. The number of hydrogen-bond donors (Lipinski definition) is 0. The molecule has 2 radical (unpaired) electrons. The molecule has 0 aromatic heterocycles. The van der Waals surface area contributed by atoms with Crippen LogP contribution in [0.5, 0.6) is 0 Å². The van der Waals surface area contributed by atoms with Crippen molar-refractivity contribution in [2.24, 2.45) is 0 Å². The molecule has 0 aromatic rings. The smallest absolute Gasteiger partial charge is 0.0951 e. The van der Waals surface area contributed by atoms with Gasteiger partial charge < -0.3 is 0 Å². The van der Waals surface area contributed by atoms with Gasteiger partial charge in [0.1, 0.15) is 0 Å². The van der Waals surface area contributed by atoms with Crippen molar-refractivity contribution in [1.29, 1.82) is 5.26 Å². The summed E-state index contributed by atoms with van der Waals surface area (Å²) in [6.07, 6.45) is 5.29. The van der Waals surface area contributed by atoms with Crippen LogP contribution in [-0.2, 0) is 0 Å². The van der Waals surface area contributed by atoms with Crippen molar-refractivity contribution < 1.29 is 0 Å². The Morgan fingerprint density at radius 2 is 1.78 bits per heavy atom. The van der Waals surface area contributed by atoms with Crippen molar-refractivity contribution in [2.45, 2.75) is 37.4 Å². The maximum atomic E-state index is 8.58. The summed E-state index contributed by atoms with van der Waals surface area (Å²) in [4.78, 5) is 0. The fraction of sp³-hybridized carbons (Fsp3) is 0.857. The Hall–Kier alpha value is -0.445. The minimum atomic E-state index is -0.474. The summed E-state index contributed by atoms with van der Waals surface area (Å²) >= 11 is 0. The van der Waals surface area contributed by atoms with Crippen LogP contribution in [0.15, 0.2) is 0 Å². The highest BCUT2D eigenvalue weighted by molar-refractivity contribution is 6.17. The molecular formula is C7H10BN. The van der Waals surface area contributed by atoms with Crippen molar-refractivity contribution in [3.63, 3.8) is 0 Å². The Labute approximate surface area is 57.5 Å². The maximum absolute atomic E-state index is 8.58. The van der Waals surface area contributed by atoms with Crippen molar-refractivity contribution in [3.8, 4) is 6.07 Å². The first-order chi connectivity index (χ1) is 4.27. The highest BCUT2D eigenvalue weighted by Gasteiger charge is 2.24. The molecule has 9 heavy (non-hydrogen) atoms. The van der Waals surface area contributed by atoms with Crippen LogP contribution < -0.4 is 0 Å². The lowest BCUT2D eigenvalue weighted by Gasteiger charge is -2.26. The first kappa shape index (κ1) is 6.67. The molecule has 1 fully saturated rings. The van der Waals surface area contributed by atoms with E-state index >= 15 is 0 Å². The fourth-order valence-electron chi connectivity index (χ4n) is 1.29. The van der Waals surface area contributed by atoms with Crippen molar-refractivity contribution in [2.75, 3.05) is 0 Å². The zero-order valence-electron chi connectivity index (χ0n) is 5.56. The average Bonchev–Trinajstić information content (AvgIpc) is 1.90. The first-order valence-corrected chi connectivity index (χ1v) is 3.47. The van der Waals surface area contributed by atoms with Crippen LogP contribution in [0.1, 0.15) is 32.1 Å². The van der Waals surface area contributed by atoms with Gasteiger partial charge in [-0.05, 0) is 12.8 Å². The molecule has 0 heterocycles. The van der Waals surface area contributed by atoms with E-state index in [2.05, 4.69) is 6.07 Å². The van der Waals surface area contributed by atoms with Gasteiger partial charge in [0.2, 0.25) is 0 Å². The van der Waals surface area contributed by atoms with Crippen molar-refractivity contribution in [3.05, 3.63) is 0 Å². The van der Waals surface area contributed by atoms with Gasteiger partial charge in [-0.2, -0.15) is 5.26 Å². The fourth-order valence-corrected chi connectivity index (χ4v) is 1.29. The predicted molar refractivity (Wildman–Crippen MR) is 37.1 cm³/mol. The van der Waals surface area contributed by atoms with Crippen LogP contribution in [0.4, 0.5) is 0 Å². The van der Waals surface area contributed by atoms with Gasteiger partial charge in [-0.1, -0.05) is 19.3 Å². The van der Waals surface area contributed by atoms with Crippen LogP contribution in [0.2, 0.25) is 5.31 Å². The molecule has 1 rings (SSSR count). The van der Waals surface area contributed by atoms with Gasteiger partial charge in [0.25, 0.3) is 0 Å². The summed E-state index contributed by atoms with van der Waals surface area (Å²) in [6.45, 7) is 0. The molecule has 0 unspecified atom stereocenters. The number of rotatable bonds is 0. The highest BCUT2D eigenvalue weighted by Crippen LogP contribution is 2.38. The standard InChI is InChI=1S/C7H10BN/c8-7(6-9)4-2-1-3-5-7/h1-5H2. The molecule has 46 valence electrons. The zero-order valence-corrected chi connectivity index (χ0v) is 5.56. The normalized spacial score (nSPS) is 24.8. The Kier molecular flexibility index (Phi) is 1.80. The second-order valence-electron chi connectivity index (χ2n) is 2.83. The van der Waals surface area contributed by atoms with E-state index in [-0.39, 0.29) is 0 Å².